The molecule has 0 unspecified atom stereocenters. The maximum absolute atomic E-state index is 9.52. The number of hydrogen-bond donors (Lipinski definition) is 2. The summed E-state index contributed by atoms with van der Waals surface area (Å²) >= 11 is 0. The van der Waals surface area contributed by atoms with E-state index in [-0.39, 0.29) is 18.2 Å². The molecule has 2 aromatic rings. The van der Waals surface area contributed by atoms with E-state index in [0.717, 1.165) is 24.3 Å². The lowest BCUT2D eigenvalue weighted by atomic mass is 10.2. The summed E-state index contributed by atoms with van der Waals surface area (Å²) < 4.78 is 6.99. The Bertz CT molecular complexity index is 543. The molecule has 5 nitrogen and oxygen atoms in total. The van der Waals surface area contributed by atoms with Crippen molar-refractivity contribution in [3.05, 3.63) is 36.0 Å². The molecule has 2 rings (SSSR count). The number of phenols is 1. The summed E-state index contributed by atoms with van der Waals surface area (Å²) in [6, 6.07) is 7.25. The van der Waals surface area contributed by atoms with Crippen LogP contribution in [0.25, 0.3) is 0 Å². The molecule has 0 fully saturated rings. The van der Waals surface area contributed by atoms with Crippen molar-refractivity contribution in [3.8, 4) is 11.5 Å². The molecule has 0 amide bonds. The first kappa shape index (κ1) is 16.2. The normalized spacial score (nSPS) is 9.90. The van der Waals surface area contributed by atoms with Crippen molar-refractivity contribution < 1.29 is 9.84 Å². The molecule has 0 aliphatic carbocycles. The van der Waals surface area contributed by atoms with Gasteiger partial charge >= 0.3 is 0 Å². The van der Waals surface area contributed by atoms with Crippen LogP contribution in [-0.4, -0.2) is 22.0 Å². The number of benzene rings is 1. The molecule has 20 heavy (non-hydrogen) atoms. The van der Waals surface area contributed by atoms with E-state index in [1.54, 1.807) is 13.2 Å². The minimum Gasteiger partial charge on any atom is -0.504 e. The van der Waals surface area contributed by atoms with Gasteiger partial charge in [0.15, 0.2) is 11.5 Å². The summed E-state index contributed by atoms with van der Waals surface area (Å²) in [5.74, 6) is 1.48. The van der Waals surface area contributed by atoms with Crippen LogP contribution in [0.15, 0.2) is 30.5 Å². The number of halogens is 1. The number of nitrogens with one attached hydrogen (secondary N) is 1. The van der Waals surface area contributed by atoms with Gasteiger partial charge in [-0.15, -0.1) is 12.4 Å². The number of anilines is 1. The molecule has 0 bridgehead atoms. The van der Waals surface area contributed by atoms with Gasteiger partial charge in [-0.3, -0.25) is 4.68 Å². The molecule has 0 spiro atoms. The van der Waals surface area contributed by atoms with Crippen molar-refractivity contribution in [1.29, 1.82) is 0 Å². The van der Waals surface area contributed by atoms with Crippen molar-refractivity contribution >= 4 is 18.2 Å². The Morgan fingerprint density at radius 2 is 2.15 bits per heavy atom. The van der Waals surface area contributed by atoms with Gasteiger partial charge in [-0.05, 0) is 24.1 Å². The van der Waals surface area contributed by atoms with E-state index >= 15 is 0 Å². The Morgan fingerprint density at radius 3 is 2.85 bits per heavy atom. The summed E-state index contributed by atoms with van der Waals surface area (Å²) in [5, 5.41) is 17.2. The van der Waals surface area contributed by atoms with Crippen molar-refractivity contribution in [2.45, 2.75) is 26.4 Å². The highest BCUT2D eigenvalue weighted by molar-refractivity contribution is 5.85. The van der Waals surface area contributed by atoms with Gasteiger partial charge in [-0.1, -0.05) is 13.0 Å². The third kappa shape index (κ3) is 4.06. The first-order chi connectivity index (χ1) is 9.22. The highest BCUT2D eigenvalue weighted by atomic mass is 35.5. The molecule has 0 atom stereocenters. The second-order valence-electron chi connectivity index (χ2n) is 4.32. The van der Waals surface area contributed by atoms with Gasteiger partial charge in [-0.2, -0.15) is 5.10 Å². The Hall–Kier alpha value is -1.88. The zero-order valence-electron chi connectivity index (χ0n) is 11.7. The van der Waals surface area contributed by atoms with Gasteiger partial charge < -0.3 is 15.2 Å². The van der Waals surface area contributed by atoms with Gasteiger partial charge in [0.25, 0.3) is 0 Å². The minimum atomic E-state index is 0. The van der Waals surface area contributed by atoms with E-state index in [0.29, 0.717) is 12.3 Å². The molecular weight excluding hydrogens is 278 g/mol. The highest BCUT2D eigenvalue weighted by Crippen LogP contribution is 2.26. The number of methoxy groups -OCH3 is 1. The highest BCUT2D eigenvalue weighted by Gasteiger charge is 2.03. The number of aromatic nitrogens is 2. The maximum Gasteiger partial charge on any atom is 0.160 e. The number of phenolic OH excluding ortho intramolecular Hbond substituents is 1. The second-order valence-corrected chi connectivity index (χ2v) is 4.32. The third-order valence-corrected chi connectivity index (χ3v) is 2.81. The SMILES string of the molecule is CCCn1ccc(NCc2ccc(O)c(OC)c2)n1.Cl. The lowest BCUT2D eigenvalue weighted by molar-refractivity contribution is 0.373. The third-order valence-electron chi connectivity index (χ3n) is 2.81. The minimum absolute atomic E-state index is 0. The van der Waals surface area contributed by atoms with Crippen molar-refractivity contribution in [2.75, 3.05) is 12.4 Å². The van der Waals surface area contributed by atoms with E-state index in [2.05, 4.69) is 17.3 Å². The molecule has 0 aliphatic heterocycles. The molecular formula is C14H20ClN3O2. The fourth-order valence-electron chi connectivity index (χ4n) is 1.83. The van der Waals surface area contributed by atoms with E-state index in [1.165, 1.54) is 0 Å². The maximum atomic E-state index is 9.52. The van der Waals surface area contributed by atoms with E-state index in [1.807, 2.05) is 29.1 Å². The molecule has 1 aromatic heterocycles. The molecule has 1 heterocycles. The summed E-state index contributed by atoms with van der Waals surface area (Å²) in [6.45, 7) is 3.69. The fraction of sp³-hybridized carbons (Fsp3) is 0.357. The van der Waals surface area contributed by atoms with Crippen LogP contribution in [0.3, 0.4) is 0 Å². The van der Waals surface area contributed by atoms with Crippen LogP contribution in [0.1, 0.15) is 18.9 Å². The van der Waals surface area contributed by atoms with E-state index < -0.39 is 0 Å². The quantitative estimate of drug-likeness (QED) is 0.860. The van der Waals surface area contributed by atoms with Crippen LogP contribution in [0.4, 0.5) is 5.82 Å². The van der Waals surface area contributed by atoms with Crippen LogP contribution in [-0.2, 0) is 13.1 Å². The predicted molar refractivity (Wildman–Crippen MR) is 81.8 cm³/mol. The fourth-order valence-corrected chi connectivity index (χ4v) is 1.83. The number of nitrogens with zero attached hydrogens (tertiary/aromatic N) is 2. The van der Waals surface area contributed by atoms with E-state index in [4.69, 9.17) is 4.74 Å². The zero-order chi connectivity index (χ0) is 13.7. The summed E-state index contributed by atoms with van der Waals surface area (Å²) in [5.41, 5.74) is 1.03. The molecule has 6 heteroatoms. The smallest absolute Gasteiger partial charge is 0.160 e. The number of ether oxygens (including phenoxy) is 1. The number of rotatable bonds is 6. The average molecular weight is 298 g/mol. The topological polar surface area (TPSA) is 59.3 Å². The van der Waals surface area contributed by atoms with Gasteiger partial charge in [0.2, 0.25) is 0 Å². The van der Waals surface area contributed by atoms with Crippen LogP contribution in [0.2, 0.25) is 0 Å². The molecule has 0 saturated heterocycles. The van der Waals surface area contributed by atoms with Crippen molar-refractivity contribution in [1.82, 2.24) is 9.78 Å². The van der Waals surface area contributed by atoms with Crippen LogP contribution in [0, 0.1) is 0 Å². The first-order valence-electron chi connectivity index (χ1n) is 6.36. The molecule has 2 N–H and O–H groups in total. The predicted octanol–water partition coefficient (Wildman–Crippen LogP) is 3.04. The lowest BCUT2D eigenvalue weighted by Gasteiger charge is -2.07. The Labute approximate surface area is 125 Å². The molecule has 0 aliphatic rings. The number of aromatic hydroxyl groups is 1. The molecule has 110 valence electrons. The summed E-state index contributed by atoms with van der Waals surface area (Å²) in [4.78, 5) is 0. The molecule has 1 aromatic carbocycles. The second kappa shape index (κ2) is 7.65. The van der Waals surface area contributed by atoms with E-state index in [9.17, 15) is 5.11 Å². The standard InChI is InChI=1S/C14H19N3O2.ClH/c1-3-7-17-8-6-14(16-17)15-10-11-4-5-12(18)13(9-11)19-2;/h4-6,8-9,18H,3,7,10H2,1-2H3,(H,15,16);1H. The van der Waals surface area contributed by atoms with Gasteiger partial charge in [0.1, 0.15) is 5.82 Å². The van der Waals surface area contributed by atoms with Crippen LogP contribution in [0.5, 0.6) is 11.5 Å². The van der Waals surface area contributed by atoms with Crippen molar-refractivity contribution in [3.63, 3.8) is 0 Å². The number of hydrogen-bond acceptors (Lipinski definition) is 4. The molecule has 0 saturated carbocycles. The zero-order valence-corrected chi connectivity index (χ0v) is 12.5. The van der Waals surface area contributed by atoms with Gasteiger partial charge in [-0.25, -0.2) is 0 Å². The molecule has 0 radical (unpaired) electrons. The monoisotopic (exact) mass is 297 g/mol. The van der Waals surface area contributed by atoms with Crippen LogP contribution < -0.4 is 10.1 Å². The first-order valence-corrected chi connectivity index (χ1v) is 6.36. The Morgan fingerprint density at radius 1 is 1.35 bits per heavy atom. The van der Waals surface area contributed by atoms with Crippen LogP contribution >= 0.6 is 12.4 Å². The lowest BCUT2D eigenvalue weighted by Crippen LogP contribution is -2.02. The van der Waals surface area contributed by atoms with Crippen molar-refractivity contribution in [2.24, 2.45) is 0 Å². The Kier molecular flexibility index (Phi) is 6.18. The largest absolute Gasteiger partial charge is 0.504 e. The summed E-state index contributed by atoms with van der Waals surface area (Å²) in [7, 11) is 1.54. The Balaban J connectivity index is 0.00000200. The number of aryl methyl sites for hydroxylation is 1. The van der Waals surface area contributed by atoms with Gasteiger partial charge in [0.05, 0.1) is 7.11 Å². The average Bonchev–Trinajstić information content (AvgIpc) is 2.86. The van der Waals surface area contributed by atoms with Gasteiger partial charge in [0, 0.05) is 25.4 Å². The summed E-state index contributed by atoms with van der Waals surface area (Å²) in [6.07, 6.45) is 3.03.